The number of nitrogens with one attached hydrogen (secondary N) is 1. The fraction of sp³-hybridized carbons (Fsp3) is 0.471. The molecule has 3 rings (SSSR count). The molecule has 3 heterocycles. The number of hydrogen-bond donors (Lipinski definition) is 2. The monoisotopic (exact) mass is 329 g/mol. The van der Waals surface area contributed by atoms with E-state index in [9.17, 15) is 9.90 Å². The topological polar surface area (TPSA) is 83.3 Å². The smallest absolute Gasteiger partial charge is 0.221 e. The summed E-state index contributed by atoms with van der Waals surface area (Å²) in [5.74, 6) is 0.781. The van der Waals surface area contributed by atoms with E-state index in [4.69, 9.17) is 0 Å². The lowest BCUT2D eigenvalue weighted by Crippen LogP contribution is -2.45. The molecule has 24 heavy (non-hydrogen) atoms. The van der Waals surface area contributed by atoms with E-state index in [-0.39, 0.29) is 12.5 Å². The lowest BCUT2D eigenvalue weighted by Gasteiger charge is -2.24. The summed E-state index contributed by atoms with van der Waals surface area (Å²) in [6, 6.07) is 7.63. The Morgan fingerprint density at radius 2 is 2.25 bits per heavy atom. The number of hydrogen-bond acceptors (Lipinski definition) is 5. The van der Waals surface area contributed by atoms with Crippen molar-refractivity contribution in [2.24, 2.45) is 0 Å². The maximum atomic E-state index is 12.0. The second-order valence-corrected chi connectivity index (χ2v) is 6.31. The van der Waals surface area contributed by atoms with Crippen LogP contribution in [0, 0.1) is 6.92 Å². The molecule has 0 bridgehead atoms. The molecule has 1 fully saturated rings. The number of nitrogens with zero attached hydrogens (tertiary/aromatic N) is 4. The van der Waals surface area contributed by atoms with Crippen LogP contribution in [-0.4, -0.2) is 51.0 Å². The Hall–Kier alpha value is -2.41. The van der Waals surface area contributed by atoms with E-state index >= 15 is 0 Å². The van der Waals surface area contributed by atoms with Crippen LogP contribution >= 0.6 is 0 Å². The van der Waals surface area contributed by atoms with Crippen molar-refractivity contribution in [2.75, 3.05) is 24.5 Å². The van der Waals surface area contributed by atoms with E-state index in [0.717, 1.165) is 18.1 Å². The van der Waals surface area contributed by atoms with Crippen molar-refractivity contribution in [3.8, 4) is 0 Å². The van der Waals surface area contributed by atoms with Gasteiger partial charge in [0.05, 0.1) is 0 Å². The van der Waals surface area contributed by atoms with Gasteiger partial charge in [-0.2, -0.15) is 5.10 Å². The van der Waals surface area contributed by atoms with Crippen molar-refractivity contribution >= 4 is 11.7 Å². The summed E-state index contributed by atoms with van der Waals surface area (Å²) in [6.45, 7) is 3.97. The highest BCUT2D eigenvalue weighted by molar-refractivity contribution is 5.75. The maximum Gasteiger partial charge on any atom is 0.221 e. The number of carbonyl (C=O) groups is 1. The van der Waals surface area contributed by atoms with Crippen molar-refractivity contribution in [3.63, 3.8) is 0 Å². The quantitative estimate of drug-likeness (QED) is 0.816. The molecule has 0 unspecified atom stereocenters. The zero-order valence-corrected chi connectivity index (χ0v) is 13.9. The van der Waals surface area contributed by atoms with E-state index in [0.29, 0.717) is 25.9 Å². The molecule has 1 saturated heterocycles. The zero-order valence-electron chi connectivity index (χ0n) is 13.9. The Morgan fingerprint density at radius 1 is 1.38 bits per heavy atom. The van der Waals surface area contributed by atoms with Crippen LogP contribution in [0.25, 0.3) is 0 Å². The van der Waals surface area contributed by atoms with Gasteiger partial charge in [0.2, 0.25) is 5.91 Å². The van der Waals surface area contributed by atoms with Crippen LogP contribution in [-0.2, 0) is 11.3 Å². The first-order chi connectivity index (χ1) is 11.6. The van der Waals surface area contributed by atoms with Gasteiger partial charge in [-0.1, -0.05) is 6.07 Å². The van der Waals surface area contributed by atoms with Gasteiger partial charge in [0.15, 0.2) is 0 Å². The summed E-state index contributed by atoms with van der Waals surface area (Å²) in [5.41, 5.74) is 0.123. The van der Waals surface area contributed by atoms with Gasteiger partial charge in [0, 0.05) is 50.7 Å². The lowest BCUT2D eigenvalue weighted by molar-refractivity contribution is -0.122. The Bertz CT molecular complexity index is 687. The van der Waals surface area contributed by atoms with Crippen molar-refractivity contribution in [2.45, 2.75) is 31.9 Å². The molecule has 0 spiro atoms. The van der Waals surface area contributed by atoms with Gasteiger partial charge in [-0.3, -0.25) is 9.48 Å². The molecule has 128 valence electrons. The Morgan fingerprint density at radius 3 is 2.96 bits per heavy atom. The van der Waals surface area contributed by atoms with Crippen LogP contribution < -0.4 is 10.2 Å². The zero-order chi connectivity index (χ0) is 17.0. The summed E-state index contributed by atoms with van der Waals surface area (Å²) >= 11 is 0. The van der Waals surface area contributed by atoms with Crippen LogP contribution in [0.15, 0.2) is 36.7 Å². The van der Waals surface area contributed by atoms with Crippen molar-refractivity contribution < 1.29 is 9.90 Å². The predicted octanol–water partition coefficient (Wildman–Crippen LogP) is 0.734. The highest BCUT2D eigenvalue weighted by Gasteiger charge is 2.36. The summed E-state index contributed by atoms with van der Waals surface area (Å²) in [5, 5.41) is 17.7. The Labute approximate surface area is 141 Å². The molecular formula is C17H23N5O2. The normalized spacial score (nSPS) is 20.3. The molecular weight excluding hydrogens is 306 g/mol. The number of pyridine rings is 1. The molecule has 2 N–H and O–H groups in total. The van der Waals surface area contributed by atoms with Gasteiger partial charge < -0.3 is 15.3 Å². The molecule has 7 nitrogen and oxygen atoms in total. The number of rotatable bonds is 6. The van der Waals surface area contributed by atoms with Gasteiger partial charge in [-0.05, 0) is 31.5 Å². The average molecular weight is 329 g/mol. The van der Waals surface area contributed by atoms with Crippen LogP contribution in [0.3, 0.4) is 0 Å². The second-order valence-electron chi connectivity index (χ2n) is 6.31. The summed E-state index contributed by atoms with van der Waals surface area (Å²) in [7, 11) is 0. The van der Waals surface area contributed by atoms with Gasteiger partial charge in [0.1, 0.15) is 11.4 Å². The minimum Gasteiger partial charge on any atom is -0.386 e. The van der Waals surface area contributed by atoms with Crippen molar-refractivity contribution in [3.05, 3.63) is 42.4 Å². The number of β-amino-alcohol motifs (C(OH)–C–C–N with tert-alkyl or cyclic N) is 1. The maximum absolute atomic E-state index is 12.0. The van der Waals surface area contributed by atoms with Crippen LogP contribution in [0.4, 0.5) is 5.82 Å². The Balaban J connectivity index is 1.46. The molecule has 0 saturated carbocycles. The average Bonchev–Trinajstić information content (AvgIpc) is 3.18. The third-order valence-corrected chi connectivity index (χ3v) is 4.40. The largest absolute Gasteiger partial charge is 0.386 e. The molecule has 2 aromatic heterocycles. The predicted molar refractivity (Wildman–Crippen MR) is 90.6 cm³/mol. The van der Waals surface area contributed by atoms with Crippen LogP contribution in [0.5, 0.6) is 0 Å². The van der Waals surface area contributed by atoms with Crippen molar-refractivity contribution in [1.29, 1.82) is 0 Å². The van der Waals surface area contributed by atoms with Crippen molar-refractivity contribution in [1.82, 2.24) is 20.1 Å². The van der Waals surface area contributed by atoms with E-state index < -0.39 is 5.60 Å². The molecule has 1 amide bonds. The van der Waals surface area contributed by atoms with E-state index in [1.165, 1.54) is 0 Å². The third kappa shape index (κ3) is 3.91. The molecule has 0 aliphatic carbocycles. The van der Waals surface area contributed by atoms with Gasteiger partial charge in [0.25, 0.3) is 0 Å². The minimum atomic E-state index is -0.908. The molecule has 0 radical (unpaired) electrons. The number of aliphatic hydroxyl groups is 1. The number of aromatic nitrogens is 3. The first-order valence-electron chi connectivity index (χ1n) is 8.19. The highest BCUT2D eigenvalue weighted by atomic mass is 16.3. The molecule has 7 heteroatoms. The second kappa shape index (κ2) is 7.00. The number of carbonyl (C=O) groups excluding carboxylic acids is 1. The summed E-state index contributed by atoms with van der Waals surface area (Å²) in [6.07, 6.45) is 4.43. The van der Waals surface area contributed by atoms with Gasteiger partial charge in [-0.25, -0.2) is 4.98 Å². The SMILES string of the molecule is Cc1ccnn1CCC(=O)NC[C@]1(O)CCN(c2ccccn2)C1. The Kier molecular flexibility index (Phi) is 4.80. The molecule has 1 aliphatic rings. The third-order valence-electron chi connectivity index (χ3n) is 4.40. The van der Waals surface area contributed by atoms with E-state index in [1.54, 1.807) is 17.1 Å². The molecule has 0 aromatic carbocycles. The first kappa shape index (κ1) is 16.4. The number of aryl methyl sites for hydroxylation is 2. The standard InChI is InChI=1S/C17H23N5O2/c1-14-5-9-20-22(14)10-6-16(23)19-12-17(24)7-11-21(13-17)15-4-2-3-8-18-15/h2-5,8-9,24H,6-7,10-13H2,1H3,(H,19,23)/t17-/m1/s1. The van der Waals surface area contributed by atoms with E-state index in [2.05, 4.69) is 15.4 Å². The fourth-order valence-electron chi connectivity index (χ4n) is 2.93. The summed E-state index contributed by atoms with van der Waals surface area (Å²) < 4.78 is 1.80. The minimum absolute atomic E-state index is 0.0744. The summed E-state index contributed by atoms with van der Waals surface area (Å²) in [4.78, 5) is 18.4. The van der Waals surface area contributed by atoms with Crippen LogP contribution in [0.1, 0.15) is 18.5 Å². The molecule has 1 aliphatic heterocycles. The number of amides is 1. The molecule has 2 aromatic rings. The lowest BCUT2D eigenvalue weighted by atomic mass is 10.0. The number of anilines is 1. The first-order valence-corrected chi connectivity index (χ1v) is 8.19. The van der Waals surface area contributed by atoms with Crippen LogP contribution in [0.2, 0.25) is 0 Å². The van der Waals surface area contributed by atoms with Gasteiger partial charge >= 0.3 is 0 Å². The highest BCUT2D eigenvalue weighted by Crippen LogP contribution is 2.24. The molecule has 1 atom stereocenters. The van der Waals surface area contributed by atoms with E-state index in [1.807, 2.05) is 36.1 Å². The van der Waals surface area contributed by atoms with Gasteiger partial charge in [-0.15, -0.1) is 0 Å². The fourth-order valence-corrected chi connectivity index (χ4v) is 2.93.